The highest BCUT2D eigenvalue weighted by Gasteiger charge is 2.25. The molecule has 192 valence electrons. The molecule has 0 saturated carbocycles. The fourth-order valence-electron chi connectivity index (χ4n) is 4.41. The number of hydrogen-bond donors (Lipinski definition) is 2. The van der Waals surface area contributed by atoms with E-state index in [1.165, 1.54) is 0 Å². The monoisotopic (exact) mass is 501 g/mol. The van der Waals surface area contributed by atoms with Crippen molar-refractivity contribution in [1.82, 2.24) is 10.2 Å². The van der Waals surface area contributed by atoms with E-state index in [0.29, 0.717) is 63.1 Å². The van der Waals surface area contributed by atoms with Crippen molar-refractivity contribution in [3.63, 3.8) is 0 Å². The number of aromatic amines is 1. The number of para-hydroxylation sites is 1. The number of anilines is 2. The second-order valence-electron chi connectivity index (χ2n) is 9.37. The van der Waals surface area contributed by atoms with E-state index in [4.69, 9.17) is 9.47 Å². The Bertz CT molecular complexity index is 1350. The number of quaternary nitrogens is 1. The van der Waals surface area contributed by atoms with Gasteiger partial charge in [0, 0.05) is 17.1 Å². The fraction of sp³-hybridized carbons (Fsp3) is 0.286. The van der Waals surface area contributed by atoms with Gasteiger partial charge in [-0.2, -0.15) is 5.10 Å². The summed E-state index contributed by atoms with van der Waals surface area (Å²) >= 11 is 0. The highest BCUT2D eigenvalue weighted by molar-refractivity contribution is 6.10. The molecule has 4 aromatic rings. The Balaban J connectivity index is 1.19. The van der Waals surface area contributed by atoms with Crippen LogP contribution in [0.2, 0.25) is 0 Å². The molecule has 9 heteroatoms. The smallest absolute Gasteiger partial charge is 0.258 e. The molecule has 5 rings (SSSR count). The minimum absolute atomic E-state index is 0.246. The first-order chi connectivity index (χ1) is 18.0. The van der Waals surface area contributed by atoms with E-state index in [-0.39, 0.29) is 10.6 Å². The lowest BCUT2D eigenvalue weighted by atomic mass is 10.1. The van der Waals surface area contributed by atoms with Crippen LogP contribution < -0.4 is 15.0 Å². The van der Waals surface area contributed by atoms with E-state index < -0.39 is 0 Å². The van der Waals surface area contributed by atoms with Crippen molar-refractivity contribution in [1.29, 1.82) is 0 Å². The zero-order valence-corrected chi connectivity index (χ0v) is 20.9. The van der Waals surface area contributed by atoms with E-state index in [0.717, 1.165) is 22.2 Å². The topological polar surface area (TPSA) is 103 Å². The molecule has 0 aliphatic carbocycles. The molecule has 37 heavy (non-hydrogen) atoms. The molecular weight excluding hydrogens is 470 g/mol. The number of hydrogen-bond acceptors (Lipinski definition) is 6. The normalized spacial score (nSPS) is 15.0. The summed E-state index contributed by atoms with van der Waals surface area (Å²) in [5.41, 5.74) is 3.26. The number of carbonyl (C=O) groups excluding carboxylic acids is 1. The molecule has 0 spiro atoms. The summed E-state index contributed by atoms with van der Waals surface area (Å²) in [6, 6.07) is 23.1. The van der Waals surface area contributed by atoms with Crippen LogP contribution >= 0.6 is 0 Å². The minimum atomic E-state index is -0.253. The molecule has 0 unspecified atom stereocenters. The van der Waals surface area contributed by atoms with Crippen LogP contribution in [0.3, 0.4) is 0 Å². The van der Waals surface area contributed by atoms with Crippen LogP contribution in [0.25, 0.3) is 10.9 Å². The number of hydroxylamine groups is 3. The van der Waals surface area contributed by atoms with Crippen LogP contribution in [0.5, 0.6) is 5.75 Å². The first kappa shape index (κ1) is 24.8. The average molecular weight is 502 g/mol. The summed E-state index contributed by atoms with van der Waals surface area (Å²) in [4.78, 5) is 15.3. The summed E-state index contributed by atoms with van der Waals surface area (Å²) in [5.74, 6) is 0.899. The Morgan fingerprint density at radius 1 is 1.05 bits per heavy atom. The van der Waals surface area contributed by atoms with Crippen molar-refractivity contribution in [2.75, 3.05) is 56.7 Å². The molecule has 1 aromatic heterocycles. The molecule has 2 N–H and O–H groups in total. The Hall–Kier alpha value is -3.92. The zero-order valence-electron chi connectivity index (χ0n) is 20.9. The molecule has 1 aliphatic rings. The maximum Gasteiger partial charge on any atom is 0.258 e. The lowest BCUT2D eigenvalue weighted by Gasteiger charge is -2.46. The fourth-order valence-corrected chi connectivity index (χ4v) is 4.41. The largest absolute Gasteiger partial charge is 0.633 e. The number of benzene rings is 3. The standard InChI is InChI=1S/C28H31N5O4/c1-33(35)15-13-32(14-16-33)26-10-6-5-9-24(26)28(34)29-27-23-12-11-22(19-25(23)30-31-27)37-18-17-36-20-21-7-3-2-4-8-21/h2-12,19H,13-18,20H2,1H3,(H2,29,30,31,34). The summed E-state index contributed by atoms with van der Waals surface area (Å²) in [6.45, 7) is 3.64. The van der Waals surface area contributed by atoms with E-state index in [2.05, 4.69) is 20.4 Å². The number of amides is 1. The van der Waals surface area contributed by atoms with Gasteiger partial charge in [0.2, 0.25) is 0 Å². The quantitative estimate of drug-likeness (QED) is 0.203. The molecular formula is C28H31N5O4. The maximum atomic E-state index is 13.2. The predicted octanol–water partition coefficient (Wildman–Crippen LogP) is 4.18. The highest BCUT2D eigenvalue weighted by Crippen LogP contribution is 2.27. The number of nitrogens with one attached hydrogen (secondary N) is 2. The Kier molecular flexibility index (Phi) is 7.36. The van der Waals surface area contributed by atoms with Crippen molar-refractivity contribution >= 4 is 28.3 Å². The van der Waals surface area contributed by atoms with Crippen LogP contribution in [0.4, 0.5) is 11.5 Å². The first-order valence-corrected chi connectivity index (χ1v) is 12.4. The summed E-state index contributed by atoms with van der Waals surface area (Å²) in [6.07, 6.45) is 0. The van der Waals surface area contributed by atoms with Crippen molar-refractivity contribution in [3.8, 4) is 5.75 Å². The molecule has 9 nitrogen and oxygen atoms in total. The van der Waals surface area contributed by atoms with E-state index in [1.54, 1.807) is 13.1 Å². The Morgan fingerprint density at radius 3 is 2.62 bits per heavy atom. The molecule has 0 radical (unpaired) electrons. The number of piperazine rings is 1. The van der Waals surface area contributed by atoms with Crippen molar-refractivity contribution < 1.29 is 18.9 Å². The van der Waals surface area contributed by atoms with Gasteiger partial charge in [0.1, 0.15) is 12.4 Å². The van der Waals surface area contributed by atoms with Gasteiger partial charge in [-0.1, -0.05) is 42.5 Å². The molecule has 1 aliphatic heterocycles. The second kappa shape index (κ2) is 11.0. The van der Waals surface area contributed by atoms with Gasteiger partial charge in [-0.25, -0.2) is 0 Å². The molecule has 1 saturated heterocycles. The summed E-state index contributed by atoms with van der Waals surface area (Å²) < 4.78 is 11.2. The van der Waals surface area contributed by atoms with Crippen LogP contribution in [0.15, 0.2) is 72.8 Å². The van der Waals surface area contributed by atoms with Crippen LogP contribution in [-0.2, 0) is 11.3 Å². The van der Waals surface area contributed by atoms with Gasteiger partial charge < -0.3 is 29.5 Å². The molecule has 2 heterocycles. The summed E-state index contributed by atoms with van der Waals surface area (Å²) in [5, 5.41) is 23.2. The van der Waals surface area contributed by atoms with E-state index >= 15 is 0 Å². The van der Waals surface area contributed by atoms with E-state index in [9.17, 15) is 10.0 Å². The molecule has 0 atom stereocenters. The van der Waals surface area contributed by atoms with Crippen LogP contribution in [-0.4, -0.2) is 67.2 Å². The van der Waals surface area contributed by atoms with Gasteiger partial charge >= 0.3 is 0 Å². The number of fused-ring (bicyclic) bond motifs is 1. The van der Waals surface area contributed by atoms with Gasteiger partial charge in [-0.15, -0.1) is 0 Å². The first-order valence-electron chi connectivity index (χ1n) is 12.4. The third kappa shape index (κ3) is 6.08. The number of aromatic nitrogens is 2. The van der Waals surface area contributed by atoms with Crippen molar-refractivity contribution in [3.05, 3.63) is 89.1 Å². The number of carbonyl (C=O) groups is 1. The number of H-pyrrole nitrogens is 1. The van der Waals surface area contributed by atoms with Crippen LogP contribution in [0.1, 0.15) is 15.9 Å². The van der Waals surface area contributed by atoms with E-state index in [1.807, 2.05) is 66.7 Å². The molecule has 1 fully saturated rings. The number of likely N-dealkylation sites (N-methyl/N-ethyl adjacent to an activating group) is 1. The third-order valence-corrected chi connectivity index (χ3v) is 6.55. The third-order valence-electron chi connectivity index (χ3n) is 6.55. The van der Waals surface area contributed by atoms with Gasteiger partial charge in [0.15, 0.2) is 5.82 Å². The van der Waals surface area contributed by atoms with Crippen LogP contribution in [0, 0.1) is 5.21 Å². The second-order valence-corrected chi connectivity index (χ2v) is 9.37. The molecule has 3 aromatic carbocycles. The number of rotatable bonds is 9. The minimum Gasteiger partial charge on any atom is -0.633 e. The molecule has 1 amide bonds. The predicted molar refractivity (Wildman–Crippen MR) is 144 cm³/mol. The van der Waals surface area contributed by atoms with Gasteiger partial charge in [0.05, 0.1) is 57.5 Å². The van der Waals surface area contributed by atoms with Crippen molar-refractivity contribution in [2.45, 2.75) is 6.61 Å². The summed E-state index contributed by atoms with van der Waals surface area (Å²) in [7, 11) is 1.69. The number of nitrogens with zero attached hydrogens (tertiary/aromatic N) is 3. The average Bonchev–Trinajstić information content (AvgIpc) is 3.31. The zero-order chi connectivity index (χ0) is 25.7. The van der Waals surface area contributed by atoms with Gasteiger partial charge in [-0.3, -0.25) is 9.89 Å². The Morgan fingerprint density at radius 2 is 1.81 bits per heavy atom. The lowest BCUT2D eigenvalue weighted by molar-refractivity contribution is -0.861. The Labute approximate surface area is 215 Å². The van der Waals surface area contributed by atoms with Gasteiger partial charge in [0.25, 0.3) is 5.91 Å². The lowest BCUT2D eigenvalue weighted by Crippen LogP contribution is -2.54. The van der Waals surface area contributed by atoms with Gasteiger partial charge in [-0.05, 0) is 29.8 Å². The molecule has 0 bridgehead atoms. The van der Waals surface area contributed by atoms with Crippen molar-refractivity contribution in [2.24, 2.45) is 0 Å². The maximum absolute atomic E-state index is 13.2. The highest BCUT2D eigenvalue weighted by atomic mass is 16.5. The number of ether oxygens (including phenoxy) is 2. The SMILES string of the molecule is C[N+]1([O-])CCN(c2ccccc2C(=O)Nc2n[nH]c3cc(OCCOCc4ccccc4)ccc23)CC1.